The van der Waals surface area contributed by atoms with Crippen molar-refractivity contribution >= 4 is 5.69 Å². The van der Waals surface area contributed by atoms with E-state index in [9.17, 15) is 19.7 Å². The van der Waals surface area contributed by atoms with Gasteiger partial charge in [0.05, 0.1) is 0 Å². The van der Waals surface area contributed by atoms with Crippen LogP contribution in [0.3, 0.4) is 0 Å². The first-order valence-electron chi connectivity index (χ1n) is 7.32. The van der Waals surface area contributed by atoms with Crippen molar-refractivity contribution < 1.29 is 24.4 Å². The summed E-state index contributed by atoms with van der Waals surface area (Å²) in [6, 6.07) is 9.94. The van der Waals surface area contributed by atoms with E-state index >= 15 is 0 Å². The minimum absolute atomic E-state index is 0.0109. The lowest BCUT2D eigenvalue weighted by Crippen LogP contribution is -2.19. The number of benzene rings is 2. The summed E-state index contributed by atoms with van der Waals surface area (Å²) in [4.78, 5) is 0. The molecular formula is C17H20FNO4. The van der Waals surface area contributed by atoms with Crippen molar-refractivity contribution in [3.8, 4) is 28.4 Å². The molecule has 23 heavy (non-hydrogen) atoms. The normalized spacial score (nSPS) is 12.0. The number of phenols is 2. The summed E-state index contributed by atoms with van der Waals surface area (Å²) in [6.07, 6.45) is -1.28. The average Bonchev–Trinajstić information content (AvgIpc) is 2.56. The maximum absolute atomic E-state index is 12.3. The fourth-order valence-electron chi connectivity index (χ4n) is 2.13. The van der Waals surface area contributed by atoms with Gasteiger partial charge in [0.1, 0.15) is 25.1 Å². The van der Waals surface area contributed by atoms with Gasteiger partial charge in [-0.05, 0) is 30.7 Å². The van der Waals surface area contributed by atoms with Crippen LogP contribution in [0, 0.1) is 0 Å². The molecule has 0 spiro atoms. The highest BCUT2D eigenvalue weighted by atomic mass is 19.1. The van der Waals surface area contributed by atoms with Crippen LogP contribution in [-0.4, -0.2) is 41.2 Å². The van der Waals surface area contributed by atoms with Gasteiger partial charge >= 0.3 is 0 Å². The maximum Gasteiger partial charge on any atom is 0.165 e. The Morgan fingerprint density at radius 3 is 2.48 bits per heavy atom. The molecule has 0 fully saturated rings. The molecule has 0 heterocycles. The summed E-state index contributed by atoms with van der Waals surface area (Å²) in [7, 11) is 0. The van der Waals surface area contributed by atoms with E-state index in [2.05, 4.69) is 5.32 Å². The number of halogens is 1. The smallest absolute Gasteiger partial charge is 0.165 e. The number of phenolic OH excluding ortho intramolecular Hbond substituents is 2. The van der Waals surface area contributed by atoms with Gasteiger partial charge in [0.25, 0.3) is 0 Å². The van der Waals surface area contributed by atoms with E-state index in [1.165, 1.54) is 12.1 Å². The van der Waals surface area contributed by atoms with Gasteiger partial charge in [-0.15, -0.1) is 0 Å². The van der Waals surface area contributed by atoms with E-state index in [0.29, 0.717) is 11.1 Å². The summed E-state index contributed by atoms with van der Waals surface area (Å²) in [5.41, 5.74) is 2.02. The van der Waals surface area contributed by atoms with Gasteiger partial charge < -0.3 is 25.4 Å². The van der Waals surface area contributed by atoms with Gasteiger partial charge in [-0.3, -0.25) is 0 Å². The Hall–Kier alpha value is -2.47. The molecule has 124 valence electrons. The largest absolute Gasteiger partial charge is 0.508 e. The zero-order valence-electron chi connectivity index (χ0n) is 12.8. The Labute approximate surface area is 134 Å². The molecule has 0 saturated heterocycles. The summed E-state index contributed by atoms with van der Waals surface area (Å²) in [5, 5.41) is 32.5. The molecule has 2 aromatic carbocycles. The van der Waals surface area contributed by atoms with Gasteiger partial charge in [-0.2, -0.15) is 0 Å². The van der Waals surface area contributed by atoms with Crippen molar-refractivity contribution in [2.24, 2.45) is 0 Å². The Morgan fingerprint density at radius 2 is 1.87 bits per heavy atom. The highest BCUT2D eigenvalue weighted by Gasteiger charge is 2.14. The van der Waals surface area contributed by atoms with Gasteiger partial charge in [0, 0.05) is 23.9 Å². The number of hydrogen-bond acceptors (Lipinski definition) is 5. The molecule has 1 unspecified atom stereocenters. The first-order chi connectivity index (χ1) is 11.0. The Kier molecular flexibility index (Phi) is 5.65. The van der Waals surface area contributed by atoms with Crippen molar-refractivity contribution in [3.05, 3.63) is 36.4 Å². The average molecular weight is 321 g/mol. The molecule has 0 aliphatic heterocycles. The van der Waals surface area contributed by atoms with Crippen LogP contribution >= 0.6 is 0 Å². The number of nitrogens with one attached hydrogen (secondary N) is 1. The van der Waals surface area contributed by atoms with Crippen molar-refractivity contribution in [1.29, 1.82) is 0 Å². The van der Waals surface area contributed by atoms with Crippen LogP contribution in [0.15, 0.2) is 36.4 Å². The zero-order valence-corrected chi connectivity index (χ0v) is 12.8. The van der Waals surface area contributed by atoms with Crippen LogP contribution in [0.5, 0.6) is 17.2 Å². The summed E-state index contributed by atoms with van der Waals surface area (Å²) in [5.74, 6) is -0.286. The third kappa shape index (κ3) is 4.26. The third-order valence-corrected chi connectivity index (χ3v) is 3.25. The number of aliphatic hydroxyl groups excluding tert-OH is 1. The second-order valence-electron chi connectivity index (χ2n) is 5.07. The number of hydrogen-bond donors (Lipinski definition) is 4. The molecule has 0 radical (unpaired) electrons. The molecular weight excluding hydrogens is 301 g/mol. The van der Waals surface area contributed by atoms with Gasteiger partial charge in [0.2, 0.25) is 0 Å². The van der Waals surface area contributed by atoms with Crippen LogP contribution in [0.1, 0.15) is 6.92 Å². The predicted molar refractivity (Wildman–Crippen MR) is 86.8 cm³/mol. The van der Waals surface area contributed by atoms with E-state index in [0.717, 1.165) is 12.2 Å². The number of anilines is 1. The summed E-state index contributed by atoms with van der Waals surface area (Å²) >= 11 is 0. The monoisotopic (exact) mass is 321 g/mol. The first-order valence-corrected chi connectivity index (χ1v) is 7.32. The van der Waals surface area contributed by atoms with Crippen LogP contribution in [-0.2, 0) is 0 Å². The molecule has 0 bridgehead atoms. The molecule has 0 saturated carbocycles. The lowest BCUT2D eigenvalue weighted by molar-refractivity contribution is 0.0828. The number of aliphatic hydroxyl groups is 1. The second-order valence-corrected chi connectivity index (χ2v) is 5.07. The van der Waals surface area contributed by atoms with Gasteiger partial charge in [-0.1, -0.05) is 12.1 Å². The molecule has 6 heteroatoms. The number of alkyl halides is 1. The fourth-order valence-corrected chi connectivity index (χ4v) is 2.13. The highest BCUT2D eigenvalue weighted by Crippen LogP contribution is 2.40. The Morgan fingerprint density at radius 1 is 1.17 bits per heavy atom. The lowest BCUT2D eigenvalue weighted by atomic mass is 10.0. The van der Waals surface area contributed by atoms with Gasteiger partial charge in [0.15, 0.2) is 11.5 Å². The minimum atomic E-state index is -1.28. The molecule has 2 aromatic rings. The van der Waals surface area contributed by atoms with E-state index in [4.69, 9.17) is 4.74 Å². The zero-order chi connectivity index (χ0) is 16.8. The fraction of sp³-hybridized carbons (Fsp3) is 0.294. The second kappa shape index (κ2) is 7.69. The Balaban J connectivity index is 2.29. The van der Waals surface area contributed by atoms with E-state index in [-0.39, 0.29) is 23.9 Å². The standard InChI is InChI=1S/C17H20FNO4/c1-2-19-12-5-3-11(4-6-12)15-7-13(20)8-16(17(15)22)23-10-14(21)9-18/h3-8,14,19-22H,2,9-10H2,1H3. The number of aromatic hydroxyl groups is 2. The van der Waals surface area contributed by atoms with E-state index in [1.54, 1.807) is 12.1 Å². The van der Waals surface area contributed by atoms with Crippen molar-refractivity contribution in [1.82, 2.24) is 0 Å². The topological polar surface area (TPSA) is 82.0 Å². The molecule has 5 nitrogen and oxygen atoms in total. The molecule has 0 aliphatic rings. The minimum Gasteiger partial charge on any atom is -0.508 e. The van der Waals surface area contributed by atoms with Crippen molar-refractivity contribution in [3.63, 3.8) is 0 Å². The molecule has 0 amide bonds. The number of ether oxygens (including phenoxy) is 1. The maximum atomic E-state index is 12.3. The van der Waals surface area contributed by atoms with E-state index in [1.807, 2.05) is 19.1 Å². The van der Waals surface area contributed by atoms with Crippen molar-refractivity contribution in [2.75, 3.05) is 25.1 Å². The SMILES string of the molecule is CCNc1ccc(-c2cc(O)cc(OCC(O)CF)c2O)cc1. The van der Waals surface area contributed by atoms with Gasteiger partial charge in [-0.25, -0.2) is 4.39 Å². The first kappa shape index (κ1) is 16.9. The molecule has 2 rings (SSSR count). The Bertz CT molecular complexity index is 646. The predicted octanol–water partition coefficient (Wildman–Crippen LogP) is 2.91. The highest BCUT2D eigenvalue weighted by molar-refractivity contribution is 5.76. The van der Waals surface area contributed by atoms with Crippen LogP contribution in [0.25, 0.3) is 11.1 Å². The molecule has 0 aliphatic carbocycles. The summed E-state index contributed by atoms with van der Waals surface area (Å²) in [6.45, 7) is 1.53. The quantitative estimate of drug-likeness (QED) is 0.590. The summed E-state index contributed by atoms with van der Waals surface area (Å²) < 4.78 is 17.4. The lowest BCUT2D eigenvalue weighted by Gasteiger charge is -2.14. The van der Waals surface area contributed by atoms with Crippen LogP contribution in [0.2, 0.25) is 0 Å². The molecule has 1 atom stereocenters. The molecule has 0 aromatic heterocycles. The number of rotatable bonds is 7. The van der Waals surface area contributed by atoms with Crippen molar-refractivity contribution in [2.45, 2.75) is 13.0 Å². The van der Waals surface area contributed by atoms with Crippen LogP contribution in [0.4, 0.5) is 10.1 Å². The van der Waals surface area contributed by atoms with Crippen LogP contribution < -0.4 is 10.1 Å². The third-order valence-electron chi connectivity index (χ3n) is 3.25. The molecule has 4 N–H and O–H groups in total. The van der Waals surface area contributed by atoms with E-state index < -0.39 is 12.8 Å².